The van der Waals surface area contributed by atoms with Crippen LogP contribution in [-0.4, -0.2) is 18.2 Å². The number of hydrogen-bond acceptors (Lipinski definition) is 3. The minimum atomic E-state index is 0.597. The van der Waals surface area contributed by atoms with Crippen LogP contribution in [0.2, 0.25) is 0 Å². The summed E-state index contributed by atoms with van der Waals surface area (Å²) < 4.78 is 0. The fourth-order valence-corrected chi connectivity index (χ4v) is 0. The molecule has 0 saturated heterocycles. The van der Waals surface area contributed by atoms with E-state index in [-0.39, 0.29) is 0 Å². The molecule has 0 radical (unpaired) electrons. The molecular weight excluding hydrogens is 92.1 g/mol. The second-order valence-electron chi connectivity index (χ2n) is 0.760. The van der Waals surface area contributed by atoms with Crippen LogP contribution in [0.4, 0.5) is 0 Å². The molecule has 0 heterocycles. The van der Waals surface area contributed by atoms with E-state index in [2.05, 4.69) is 6.58 Å². The van der Waals surface area contributed by atoms with Crippen LogP contribution in [-0.2, 0) is 0 Å². The quantitative estimate of drug-likeness (QED) is 0.396. The van der Waals surface area contributed by atoms with Crippen LogP contribution in [0.5, 0.6) is 0 Å². The lowest BCUT2D eigenvalue weighted by Gasteiger charge is -1.72. The zero-order valence-electron chi connectivity index (χ0n) is 4.30. The Morgan fingerprint density at radius 1 is 1.43 bits per heavy atom. The smallest absolute Gasteiger partial charge is 0.0719 e. The van der Waals surface area contributed by atoms with E-state index in [1.54, 1.807) is 0 Å². The predicted octanol–water partition coefficient (Wildman–Crippen LogP) is -0.408. The van der Waals surface area contributed by atoms with Crippen molar-refractivity contribution in [1.82, 2.24) is 0 Å². The van der Waals surface area contributed by atoms with Gasteiger partial charge < -0.3 is 16.6 Å². The van der Waals surface area contributed by atoms with E-state index in [0.717, 1.165) is 6.26 Å². The van der Waals surface area contributed by atoms with Crippen LogP contribution in [0.25, 0.3) is 0 Å². The first-order chi connectivity index (χ1) is 3.33. The van der Waals surface area contributed by atoms with Crippen molar-refractivity contribution < 1.29 is 5.11 Å². The number of aliphatic hydroxyl groups excluding tert-OH is 1. The van der Waals surface area contributed by atoms with Gasteiger partial charge >= 0.3 is 0 Å². The summed E-state index contributed by atoms with van der Waals surface area (Å²) in [5, 5.41) is 7.33. The maximum Gasteiger partial charge on any atom is 0.0719 e. The molecule has 0 spiro atoms. The molecule has 0 aliphatic rings. The SMILES string of the molecule is C=CO.NCCN. The third-order valence-electron chi connectivity index (χ3n) is 0.167. The molecule has 0 fully saturated rings. The van der Waals surface area contributed by atoms with Crippen molar-refractivity contribution in [2.45, 2.75) is 0 Å². The van der Waals surface area contributed by atoms with Crippen molar-refractivity contribution in [2.24, 2.45) is 11.5 Å². The van der Waals surface area contributed by atoms with Crippen molar-refractivity contribution in [1.29, 1.82) is 0 Å². The highest BCUT2D eigenvalue weighted by Gasteiger charge is 1.54. The third kappa shape index (κ3) is 309. The van der Waals surface area contributed by atoms with Gasteiger partial charge in [0.2, 0.25) is 0 Å². The van der Waals surface area contributed by atoms with E-state index >= 15 is 0 Å². The highest BCUT2D eigenvalue weighted by Crippen LogP contribution is 1.26. The van der Waals surface area contributed by atoms with Gasteiger partial charge in [0.1, 0.15) is 0 Å². The van der Waals surface area contributed by atoms with Gasteiger partial charge in [-0.3, -0.25) is 0 Å². The lowest BCUT2D eigenvalue weighted by molar-refractivity contribution is 0.476. The first-order valence-corrected chi connectivity index (χ1v) is 1.98. The van der Waals surface area contributed by atoms with Crippen molar-refractivity contribution in [3.8, 4) is 0 Å². The van der Waals surface area contributed by atoms with E-state index in [1.807, 2.05) is 0 Å². The molecule has 3 nitrogen and oxygen atoms in total. The van der Waals surface area contributed by atoms with Gasteiger partial charge in [-0.05, 0) is 0 Å². The molecular formula is C4H12N2O. The summed E-state index contributed by atoms with van der Waals surface area (Å²) in [4.78, 5) is 0. The van der Waals surface area contributed by atoms with Crippen molar-refractivity contribution in [2.75, 3.05) is 13.1 Å². The summed E-state index contributed by atoms with van der Waals surface area (Å²) in [5.41, 5.74) is 9.81. The zero-order valence-corrected chi connectivity index (χ0v) is 4.30. The molecule has 0 saturated carbocycles. The maximum absolute atomic E-state index is 7.33. The average molecular weight is 104 g/mol. The van der Waals surface area contributed by atoms with Gasteiger partial charge in [0.05, 0.1) is 6.26 Å². The monoisotopic (exact) mass is 104 g/mol. The van der Waals surface area contributed by atoms with Crippen LogP contribution in [0.1, 0.15) is 0 Å². The lowest BCUT2D eigenvalue weighted by atomic mass is 10.7. The van der Waals surface area contributed by atoms with Gasteiger partial charge in [0.25, 0.3) is 0 Å². The molecule has 5 N–H and O–H groups in total. The van der Waals surface area contributed by atoms with Crippen LogP contribution in [0.3, 0.4) is 0 Å². The van der Waals surface area contributed by atoms with Gasteiger partial charge in [-0.15, -0.1) is 0 Å². The maximum atomic E-state index is 7.33. The number of rotatable bonds is 1. The Balaban J connectivity index is 0. The Morgan fingerprint density at radius 3 is 1.57 bits per heavy atom. The topological polar surface area (TPSA) is 72.3 Å². The van der Waals surface area contributed by atoms with Crippen molar-refractivity contribution >= 4 is 0 Å². The fraction of sp³-hybridized carbons (Fsp3) is 0.500. The highest BCUT2D eigenvalue weighted by molar-refractivity contribution is 4.38. The Morgan fingerprint density at radius 2 is 1.57 bits per heavy atom. The summed E-state index contributed by atoms with van der Waals surface area (Å²) in [6.07, 6.45) is 0.750. The first kappa shape index (κ1) is 9.68. The largest absolute Gasteiger partial charge is 0.516 e. The molecule has 0 aromatic rings. The van der Waals surface area contributed by atoms with Crippen LogP contribution in [0.15, 0.2) is 12.8 Å². The zero-order chi connectivity index (χ0) is 6.12. The second-order valence-corrected chi connectivity index (χ2v) is 0.760. The standard InChI is InChI=1S/C2H8N2.C2H4O/c3-1-2-4;1-2-3/h1-4H2;2-3H,1H2. The minimum Gasteiger partial charge on any atom is -0.516 e. The summed E-state index contributed by atoms with van der Waals surface area (Å²) in [5.74, 6) is 0. The second kappa shape index (κ2) is 17.9. The van der Waals surface area contributed by atoms with Gasteiger partial charge in [0, 0.05) is 13.1 Å². The fourth-order valence-electron chi connectivity index (χ4n) is 0. The van der Waals surface area contributed by atoms with Crippen LogP contribution in [0, 0.1) is 0 Å². The number of nitrogens with two attached hydrogens (primary N) is 2. The van der Waals surface area contributed by atoms with Gasteiger partial charge in [-0.1, -0.05) is 6.58 Å². The van der Waals surface area contributed by atoms with E-state index in [4.69, 9.17) is 16.6 Å². The molecule has 0 bridgehead atoms. The third-order valence-corrected chi connectivity index (χ3v) is 0.167. The summed E-state index contributed by atoms with van der Waals surface area (Å²) in [6.45, 7) is 4.11. The molecule has 0 rings (SSSR count). The Labute approximate surface area is 43.6 Å². The molecule has 0 aromatic carbocycles. The van der Waals surface area contributed by atoms with E-state index < -0.39 is 0 Å². The number of hydrogen-bond donors (Lipinski definition) is 3. The molecule has 0 aromatic heterocycles. The Bertz CT molecular complexity index is 28.9. The molecule has 3 heteroatoms. The summed E-state index contributed by atoms with van der Waals surface area (Å²) in [6, 6.07) is 0. The van der Waals surface area contributed by atoms with E-state index in [1.165, 1.54) is 0 Å². The average Bonchev–Trinajstić information content (AvgIpc) is 1.69. The summed E-state index contributed by atoms with van der Waals surface area (Å²) >= 11 is 0. The highest BCUT2D eigenvalue weighted by atomic mass is 16.2. The minimum absolute atomic E-state index is 0.597. The molecule has 0 aliphatic carbocycles. The Hall–Kier alpha value is -0.540. The van der Waals surface area contributed by atoms with Crippen molar-refractivity contribution in [3.63, 3.8) is 0 Å². The Kier molecular flexibility index (Phi) is 24.8. The van der Waals surface area contributed by atoms with Gasteiger partial charge in [-0.2, -0.15) is 0 Å². The molecule has 7 heavy (non-hydrogen) atoms. The summed E-state index contributed by atoms with van der Waals surface area (Å²) in [7, 11) is 0. The van der Waals surface area contributed by atoms with E-state index in [0.29, 0.717) is 13.1 Å². The van der Waals surface area contributed by atoms with E-state index in [9.17, 15) is 0 Å². The van der Waals surface area contributed by atoms with Crippen LogP contribution < -0.4 is 11.5 Å². The molecule has 0 aliphatic heterocycles. The van der Waals surface area contributed by atoms with Crippen molar-refractivity contribution in [3.05, 3.63) is 12.8 Å². The van der Waals surface area contributed by atoms with Crippen LogP contribution >= 0.6 is 0 Å². The molecule has 0 amide bonds. The molecule has 44 valence electrons. The first-order valence-electron chi connectivity index (χ1n) is 1.98. The lowest BCUT2D eigenvalue weighted by Crippen LogP contribution is -2.11. The molecule has 0 unspecified atom stereocenters. The predicted molar refractivity (Wildman–Crippen MR) is 30.9 cm³/mol. The molecule has 0 atom stereocenters. The normalized spacial score (nSPS) is 6.00. The number of aliphatic hydroxyl groups is 1. The van der Waals surface area contributed by atoms with Gasteiger partial charge in [0.15, 0.2) is 0 Å². The van der Waals surface area contributed by atoms with Gasteiger partial charge in [-0.25, -0.2) is 0 Å².